The van der Waals surface area contributed by atoms with E-state index in [9.17, 15) is 4.79 Å². The number of nitrogens with one attached hydrogen (secondary N) is 1. The Hall–Kier alpha value is -0.570. The number of primary amides is 1. The van der Waals surface area contributed by atoms with Gasteiger partial charge in [-0.05, 0) is 31.2 Å². The van der Waals surface area contributed by atoms with E-state index < -0.39 is 0 Å². The lowest BCUT2D eigenvalue weighted by atomic mass is 9.79. The molecule has 0 spiro atoms. The number of nitrogens with two attached hydrogens (primary N) is 1. The van der Waals surface area contributed by atoms with Crippen molar-refractivity contribution in [3.8, 4) is 0 Å². The van der Waals surface area contributed by atoms with Crippen LogP contribution in [0.25, 0.3) is 0 Å². The van der Waals surface area contributed by atoms with Crippen molar-refractivity contribution in [2.75, 3.05) is 6.54 Å². The van der Waals surface area contributed by atoms with E-state index in [1.807, 2.05) is 0 Å². The maximum Gasteiger partial charge on any atom is 0.219 e. The summed E-state index contributed by atoms with van der Waals surface area (Å²) in [7, 11) is 0. The summed E-state index contributed by atoms with van der Waals surface area (Å²) in [6.45, 7) is 11.7. The molecule has 3 nitrogen and oxygen atoms in total. The van der Waals surface area contributed by atoms with E-state index in [4.69, 9.17) is 5.73 Å². The summed E-state index contributed by atoms with van der Waals surface area (Å²) in [5, 5.41) is 3.49. The van der Waals surface area contributed by atoms with Crippen molar-refractivity contribution in [1.82, 2.24) is 5.32 Å². The predicted molar refractivity (Wildman–Crippen MR) is 69.1 cm³/mol. The summed E-state index contributed by atoms with van der Waals surface area (Å²) in [4.78, 5) is 11.2. The van der Waals surface area contributed by atoms with Gasteiger partial charge in [0.2, 0.25) is 5.91 Å². The molecule has 1 amide bonds. The van der Waals surface area contributed by atoms with Crippen molar-refractivity contribution in [3.05, 3.63) is 0 Å². The number of hydrogen-bond acceptors (Lipinski definition) is 2. The lowest BCUT2D eigenvalue weighted by molar-refractivity contribution is -0.119. The van der Waals surface area contributed by atoms with Crippen molar-refractivity contribution in [3.63, 3.8) is 0 Å². The van der Waals surface area contributed by atoms with Gasteiger partial charge >= 0.3 is 0 Å². The van der Waals surface area contributed by atoms with Crippen LogP contribution in [0.15, 0.2) is 0 Å². The van der Waals surface area contributed by atoms with Gasteiger partial charge in [-0.3, -0.25) is 4.79 Å². The molecule has 0 radical (unpaired) electrons. The monoisotopic (exact) mass is 228 g/mol. The Labute approximate surface area is 100 Å². The van der Waals surface area contributed by atoms with E-state index in [2.05, 4.69) is 39.9 Å². The minimum atomic E-state index is -0.206. The summed E-state index contributed by atoms with van der Waals surface area (Å²) in [5.74, 6) is 0.927. The molecule has 0 aliphatic rings. The average molecular weight is 228 g/mol. The molecule has 0 aromatic rings. The minimum absolute atomic E-state index is 0.108. The molecule has 3 N–H and O–H groups in total. The standard InChI is InChI=1S/C13H28N2O/c1-6-15-13(7-10(2)3,8-11(4)5)9-12(14)16/h10-11,15H,6-9H2,1-5H3,(H2,14,16). The lowest BCUT2D eigenvalue weighted by Gasteiger charge is -2.37. The largest absolute Gasteiger partial charge is 0.370 e. The van der Waals surface area contributed by atoms with Gasteiger partial charge in [-0.15, -0.1) is 0 Å². The zero-order chi connectivity index (χ0) is 12.8. The molecule has 3 heteroatoms. The number of hydrogen-bond donors (Lipinski definition) is 2. The fourth-order valence-corrected chi connectivity index (χ4v) is 2.71. The quantitative estimate of drug-likeness (QED) is 0.670. The Morgan fingerprint density at radius 2 is 1.62 bits per heavy atom. The van der Waals surface area contributed by atoms with Crippen LogP contribution in [-0.2, 0) is 4.79 Å². The van der Waals surface area contributed by atoms with Gasteiger partial charge in [0.05, 0.1) is 0 Å². The maximum absolute atomic E-state index is 11.2. The molecule has 0 fully saturated rings. The highest BCUT2D eigenvalue weighted by atomic mass is 16.1. The highest BCUT2D eigenvalue weighted by Crippen LogP contribution is 2.28. The van der Waals surface area contributed by atoms with Gasteiger partial charge in [-0.1, -0.05) is 34.6 Å². The highest BCUT2D eigenvalue weighted by molar-refractivity contribution is 5.75. The van der Waals surface area contributed by atoms with Crippen LogP contribution < -0.4 is 11.1 Å². The van der Waals surface area contributed by atoms with Crippen molar-refractivity contribution in [2.24, 2.45) is 17.6 Å². The number of rotatable bonds is 8. The summed E-state index contributed by atoms with van der Waals surface area (Å²) >= 11 is 0. The summed E-state index contributed by atoms with van der Waals surface area (Å²) in [5.41, 5.74) is 5.27. The highest BCUT2D eigenvalue weighted by Gasteiger charge is 2.32. The number of carbonyl (C=O) groups is 1. The van der Waals surface area contributed by atoms with Crippen LogP contribution in [0.4, 0.5) is 0 Å². The first-order valence-corrected chi connectivity index (χ1v) is 6.34. The van der Waals surface area contributed by atoms with Crippen LogP contribution in [0, 0.1) is 11.8 Å². The molecular weight excluding hydrogens is 200 g/mol. The number of amides is 1. The molecule has 0 saturated heterocycles. The van der Waals surface area contributed by atoms with Gasteiger partial charge in [-0.25, -0.2) is 0 Å². The first kappa shape index (κ1) is 15.4. The van der Waals surface area contributed by atoms with Crippen molar-refractivity contribution in [2.45, 2.75) is 59.4 Å². The second-order valence-electron chi connectivity index (χ2n) is 5.65. The van der Waals surface area contributed by atoms with E-state index in [-0.39, 0.29) is 11.4 Å². The third kappa shape index (κ3) is 6.11. The molecule has 0 aromatic heterocycles. The zero-order valence-electron chi connectivity index (χ0n) is 11.5. The van der Waals surface area contributed by atoms with Gasteiger partial charge in [-0.2, -0.15) is 0 Å². The maximum atomic E-state index is 11.2. The van der Waals surface area contributed by atoms with Crippen molar-refractivity contribution >= 4 is 5.91 Å². The van der Waals surface area contributed by atoms with Crippen molar-refractivity contribution in [1.29, 1.82) is 0 Å². The van der Waals surface area contributed by atoms with E-state index in [1.165, 1.54) is 0 Å². The zero-order valence-corrected chi connectivity index (χ0v) is 11.5. The summed E-state index contributed by atoms with van der Waals surface area (Å²) in [6, 6.07) is 0. The SMILES string of the molecule is CCNC(CC(N)=O)(CC(C)C)CC(C)C. The Morgan fingerprint density at radius 1 is 1.19 bits per heavy atom. The van der Waals surface area contributed by atoms with Gasteiger partial charge < -0.3 is 11.1 Å². The molecule has 0 unspecified atom stereocenters. The summed E-state index contributed by atoms with van der Waals surface area (Å²) in [6.07, 6.45) is 2.45. The second kappa shape index (κ2) is 6.89. The Balaban J connectivity index is 4.79. The fraction of sp³-hybridized carbons (Fsp3) is 0.923. The molecule has 0 atom stereocenters. The first-order chi connectivity index (χ1) is 7.31. The Morgan fingerprint density at radius 3 is 1.88 bits per heavy atom. The smallest absolute Gasteiger partial charge is 0.219 e. The van der Waals surface area contributed by atoms with Crippen LogP contribution in [0.3, 0.4) is 0 Å². The molecule has 0 saturated carbocycles. The predicted octanol–water partition coefficient (Wildman–Crippen LogP) is 2.30. The fourth-order valence-electron chi connectivity index (χ4n) is 2.71. The van der Waals surface area contributed by atoms with E-state index >= 15 is 0 Å². The third-order valence-corrected chi connectivity index (χ3v) is 2.66. The van der Waals surface area contributed by atoms with E-state index in [0.717, 1.165) is 19.4 Å². The topological polar surface area (TPSA) is 55.1 Å². The van der Waals surface area contributed by atoms with Crippen LogP contribution in [0.5, 0.6) is 0 Å². The van der Waals surface area contributed by atoms with Gasteiger partial charge in [0.1, 0.15) is 0 Å². The Kier molecular flexibility index (Phi) is 6.65. The normalized spacial score (nSPS) is 12.4. The first-order valence-electron chi connectivity index (χ1n) is 6.34. The lowest BCUT2D eigenvalue weighted by Crippen LogP contribution is -2.49. The number of carbonyl (C=O) groups excluding carboxylic acids is 1. The van der Waals surface area contributed by atoms with Gasteiger partial charge in [0, 0.05) is 12.0 Å². The molecule has 0 aromatic carbocycles. The van der Waals surface area contributed by atoms with Crippen LogP contribution >= 0.6 is 0 Å². The third-order valence-electron chi connectivity index (χ3n) is 2.66. The van der Waals surface area contributed by atoms with Gasteiger partial charge in [0.25, 0.3) is 0 Å². The van der Waals surface area contributed by atoms with Crippen LogP contribution in [0.1, 0.15) is 53.9 Å². The second-order valence-corrected chi connectivity index (χ2v) is 5.65. The van der Waals surface area contributed by atoms with Gasteiger partial charge in [0.15, 0.2) is 0 Å². The average Bonchev–Trinajstić information content (AvgIpc) is 1.98. The molecular formula is C13H28N2O. The minimum Gasteiger partial charge on any atom is -0.370 e. The van der Waals surface area contributed by atoms with E-state index in [0.29, 0.717) is 18.3 Å². The molecule has 0 heterocycles. The van der Waals surface area contributed by atoms with Crippen LogP contribution in [-0.4, -0.2) is 18.0 Å². The van der Waals surface area contributed by atoms with E-state index in [1.54, 1.807) is 0 Å². The molecule has 0 aliphatic heterocycles. The van der Waals surface area contributed by atoms with Crippen molar-refractivity contribution < 1.29 is 4.79 Å². The molecule has 0 aliphatic carbocycles. The molecule has 16 heavy (non-hydrogen) atoms. The molecule has 0 bridgehead atoms. The molecule has 96 valence electrons. The summed E-state index contributed by atoms with van der Waals surface area (Å²) < 4.78 is 0. The van der Waals surface area contributed by atoms with Crippen LogP contribution in [0.2, 0.25) is 0 Å². The Bertz CT molecular complexity index is 202. The molecule has 0 rings (SSSR count).